The Morgan fingerprint density at radius 2 is 1.80 bits per heavy atom. The van der Waals surface area contributed by atoms with Crippen LogP contribution >= 0.6 is 0 Å². The summed E-state index contributed by atoms with van der Waals surface area (Å²) in [6, 6.07) is 9.72. The molecule has 3 atom stereocenters. The maximum absolute atomic E-state index is 12.4. The molecule has 2 fully saturated rings. The lowest BCUT2D eigenvalue weighted by molar-refractivity contribution is 0.0272. The highest BCUT2D eigenvalue weighted by molar-refractivity contribution is 5.89. The van der Waals surface area contributed by atoms with Gasteiger partial charge in [0.2, 0.25) is 0 Å². The second-order valence-corrected chi connectivity index (χ2v) is 8.02. The number of fused-ring (bicyclic) bond motifs is 2. The van der Waals surface area contributed by atoms with E-state index in [9.17, 15) is 4.79 Å². The Bertz CT molecular complexity index is 555. The summed E-state index contributed by atoms with van der Waals surface area (Å²) in [5, 5.41) is 6.21. The van der Waals surface area contributed by atoms with E-state index >= 15 is 0 Å². The highest BCUT2D eigenvalue weighted by Crippen LogP contribution is 2.34. The molecule has 0 spiro atoms. The number of amides is 2. The maximum atomic E-state index is 12.4. The van der Waals surface area contributed by atoms with Gasteiger partial charge in [0.05, 0.1) is 0 Å². The van der Waals surface area contributed by atoms with Crippen LogP contribution in [-0.2, 0) is 0 Å². The Morgan fingerprint density at radius 3 is 2.36 bits per heavy atom. The van der Waals surface area contributed by atoms with Gasteiger partial charge in [-0.15, -0.1) is 0 Å². The molecule has 1 unspecified atom stereocenters. The summed E-state index contributed by atoms with van der Waals surface area (Å²) in [5.74, 6) is 0.510. The van der Waals surface area contributed by atoms with Gasteiger partial charge < -0.3 is 10.6 Å². The molecule has 25 heavy (non-hydrogen) atoms. The second-order valence-electron chi connectivity index (χ2n) is 8.02. The Kier molecular flexibility index (Phi) is 6.00. The first-order valence-corrected chi connectivity index (χ1v) is 10.00. The van der Waals surface area contributed by atoms with E-state index in [1.165, 1.54) is 37.8 Å². The van der Waals surface area contributed by atoms with Crippen LogP contribution in [0, 0.1) is 0 Å². The van der Waals surface area contributed by atoms with Crippen molar-refractivity contribution in [3.05, 3.63) is 29.8 Å². The van der Waals surface area contributed by atoms with Crippen molar-refractivity contribution in [2.75, 3.05) is 11.9 Å². The average Bonchev–Trinajstić information content (AvgIpc) is 2.56. The van der Waals surface area contributed by atoms with Gasteiger partial charge in [0.25, 0.3) is 0 Å². The van der Waals surface area contributed by atoms with Gasteiger partial charge in [-0.2, -0.15) is 0 Å². The molecule has 2 aliphatic rings. The second kappa shape index (κ2) is 8.22. The van der Waals surface area contributed by atoms with E-state index in [0.29, 0.717) is 24.0 Å². The quantitative estimate of drug-likeness (QED) is 0.812. The molecular weight excluding hydrogens is 310 g/mol. The first-order valence-electron chi connectivity index (χ1n) is 10.00. The van der Waals surface area contributed by atoms with Crippen LogP contribution < -0.4 is 10.6 Å². The van der Waals surface area contributed by atoms with Gasteiger partial charge in [-0.1, -0.05) is 39.3 Å². The van der Waals surface area contributed by atoms with Crippen LogP contribution in [0.25, 0.3) is 0 Å². The zero-order valence-corrected chi connectivity index (χ0v) is 15.9. The number of carbonyl (C=O) groups is 1. The molecule has 2 heterocycles. The fourth-order valence-corrected chi connectivity index (χ4v) is 4.52. The molecule has 2 bridgehead atoms. The normalized spacial score (nSPS) is 26.5. The summed E-state index contributed by atoms with van der Waals surface area (Å²) >= 11 is 0. The molecule has 3 rings (SSSR count). The summed E-state index contributed by atoms with van der Waals surface area (Å²) in [6.45, 7) is 7.82. The van der Waals surface area contributed by atoms with Crippen molar-refractivity contribution in [2.45, 2.75) is 83.3 Å². The number of rotatable bonds is 5. The van der Waals surface area contributed by atoms with Gasteiger partial charge in [-0.25, -0.2) is 4.79 Å². The lowest BCUT2D eigenvalue weighted by Crippen LogP contribution is -2.57. The largest absolute Gasteiger partial charge is 0.335 e. The highest BCUT2D eigenvalue weighted by Gasteiger charge is 2.38. The number of hydrogen-bond donors (Lipinski definition) is 2. The minimum absolute atomic E-state index is 0.0655. The summed E-state index contributed by atoms with van der Waals surface area (Å²) in [4.78, 5) is 15.1. The molecule has 0 aromatic heterocycles. The maximum Gasteiger partial charge on any atom is 0.319 e. The van der Waals surface area contributed by atoms with Crippen LogP contribution in [0.5, 0.6) is 0 Å². The standard InChI is InChI=1S/C21H33N3O/c1-4-12-24-19-6-5-7-20(24)14-18(13-19)23-21(25)22-17-10-8-16(9-11-17)15(2)3/h8-11,15,18-20H,4-7,12-14H2,1-3H3,(H2,22,23,25)/t18?,19-,20+. The zero-order valence-electron chi connectivity index (χ0n) is 15.9. The molecule has 0 radical (unpaired) electrons. The molecule has 2 aliphatic heterocycles. The summed E-state index contributed by atoms with van der Waals surface area (Å²) in [6.07, 6.45) is 7.32. The monoisotopic (exact) mass is 343 g/mol. The molecule has 1 aromatic carbocycles. The fourth-order valence-electron chi connectivity index (χ4n) is 4.52. The molecule has 4 nitrogen and oxygen atoms in total. The number of urea groups is 1. The summed E-state index contributed by atoms with van der Waals surface area (Å²) in [5.41, 5.74) is 2.16. The van der Waals surface area contributed by atoms with Crippen LogP contribution in [-0.4, -0.2) is 35.6 Å². The van der Waals surface area contributed by atoms with Crippen LogP contribution in [0.4, 0.5) is 10.5 Å². The number of nitrogens with one attached hydrogen (secondary N) is 2. The van der Waals surface area contributed by atoms with Crippen molar-refractivity contribution < 1.29 is 4.79 Å². The Hall–Kier alpha value is -1.55. The third-order valence-electron chi connectivity index (χ3n) is 5.78. The van der Waals surface area contributed by atoms with E-state index in [4.69, 9.17) is 0 Å². The van der Waals surface area contributed by atoms with E-state index in [1.54, 1.807) is 0 Å². The summed E-state index contributed by atoms with van der Waals surface area (Å²) < 4.78 is 0. The smallest absolute Gasteiger partial charge is 0.319 e. The molecule has 4 heteroatoms. The number of nitrogens with zero attached hydrogens (tertiary/aromatic N) is 1. The number of hydrogen-bond acceptors (Lipinski definition) is 2. The zero-order chi connectivity index (χ0) is 17.8. The molecule has 2 N–H and O–H groups in total. The van der Waals surface area contributed by atoms with E-state index < -0.39 is 0 Å². The summed E-state index contributed by atoms with van der Waals surface area (Å²) in [7, 11) is 0. The predicted octanol–water partition coefficient (Wildman–Crippen LogP) is 4.73. The molecule has 0 saturated carbocycles. The SMILES string of the molecule is CCCN1[C@@H]2CCC[C@H]1CC(NC(=O)Nc1ccc(C(C)C)cc1)C2. The third-order valence-corrected chi connectivity index (χ3v) is 5.78. The van der Waals surface area contributed by atoms with Gasteiger partial charge in [-0.05, 0) is 62.3 Å². The number of benzene rings is 1. The molecule has 2 saturated heterocycles. The molecular formula is C21H33N3O. The Labute approximate surface area is 152 Å². The molecule has 2 amide bonds. The van der Waals surface area contributed by atoms with Crippen molar-refractivity contribution >= 4 is 11.7 Å². The van der Waals surface area contributed by atoms with Gasteiger partial charge in [0.15, 0.2) is 0 Å². The number of piperidine rings is 2. The highest BCUT2D eigenvalue weighted by atomic mass is 16.2. The van der Waals surface area contributed by atoms with Crippen LogP contribution in [0.3, 0.4) is 0 Å². The van der Waals surface area contributed by atoms with Gasteiger partial charge in [-0.3, -0.25) is 4.90 Å². The first kappa shape index (κ1) is 18.2. The molecule has 138 valence electrons. The van der Waals surface area contributed by atoms with Crippen molar-refractivity contribution in [3.8, 4) is 0 Å². The average molecular weight is 344 g/mol. The van der Waals surface area contributed by atoms with Gasteiger partial charge in [0, 0.05) is 23.8 Å². The van der Waals surface area contributed by atoms with Crippen LogP contribution in [0.15, 0.2) is 24.3 Å². The Morgan fingerprint density at radius 1 is 1.16 bits per heavy atom. The van der Waals surface area contributed by atoms with Crippen molar-refractivity contribution in [3.63, 3.8) is 0 Å². The minimum Gasteiger partial charge on any atom is -0.335 e. The minimum atomic E-state index is -0.0655. The van der Waals surface area contributed by atoms with E-state index in [0.717, 1.165) is 18.5 Å². The van der Waals surface area contributed by atoms with E-state index in [-0.39, 0.29) is 6.03 Å². The fraction of sp³-hybridized carbons (Fsp3) is 0.667. The van der Waals surface area contributed by atoms with Crippen LogP contribution in [0.1, 0.15) is 70.8 Å². The lowest BCUT2D eigenvalue weighted by atomic mass is 9.81. The van der Waals surface area contributed by atoms with Crippen LogP contribution in [0.2, 0.25) is 0 Å². The molecule has 0 aliphatic carbocycles. The van der Waals surface area contributed by atoms with Crippen molar-refractivity contribution in [1.82, 2.24) is 10.2 Å². The van der Waals surface area contributed by atoms with E-state index in [2.05, 4.69) is 48.4 Å². The van der Waals surface area contributed by atoms with Crippen molar-refractivity contribution in [1.29, 1.82) is 0 Å². The topological polar surface area (TPSA) is 44.4 Å². The van der Waals surface area contributed by atoms with Gasteiger partial charge in [0.1, 0.15) is 0 Å². The van der Waals surface area contributed by atoms with Gasteiger partial charge >= 0.3 is 6.03 Å². The lowest BCUT2D eigenvalue weighted by Gasteiger charge is -2.49. The third kappa shape index (κ3) is 4.55. The first-order chi connectivity index (χ1) is 12.1. The van der Waals surface area contributed by atoms with E-state index in [1.807, 2.05) is 12.1 Å². The van der Waals surface area contributed by atoms with Crippen molar-refractivity contribution in [2.24, 2.45) is 0 Å². The Balaban J connectivity index is 1.53. The predicted molar refractivity (Wildman–Crippen MR) is 104 cm³/mol. The number of carbonyl (C=O) groups excluding carboxylic acids is 1. The number of anilines is 1. The molecule has 1 aromatic rings.